The molecular weight excluding hydrogens is 262 g/mol. The second-order valence-electron chi connectivity index (χ2n) is 3.16. The SMILES string of the molecule is CCC(Br)C(=O)NC(C)c1ccsc1. The molecule has 14 heavy (non-hydrogen) atoms. The topological polar surface area (TPSA) is 29.1 Å². The Kier molecular flexibility index (Phi) is 4.62. The van der Waals surface area contributed by atoms with E-state index < -0.39 is 0 Å². The number of alkyl halides is 1. The van der Waals surface area contributed by atoms with Crippen molar-refractivity contribution in [3.63, 3.8) is 0 Å². The van der Waals surface area contributed by atoms with Gasteiger partial charge in [-0.25, -0.2) is 0 Å². The summed E-state index contributed by atoms with van der Waals surface area (Å²) in [6, 6.07) is 2.13. The van der Waals surface area contributed by atoms with Gasteiger partial charge in [0.2, 0.25) is 5.91 Å². The number of rotatable bonds is 4. The molecule has 0 fully saturated rings. The van der Waals surface area contributed by atoms with Crippen molar-refractivity contribution >= 4 is 33.2 Å². The highest BCUT2D eigenvalue weighted by atomic mass is 79.9. The van der Waals surface area contributed by atoms with Crippen LogP contribution in [0.1, 0.15) is 31.9 Å². The number of halogens is 1. The van der Waals surface area contributed by atoms with Crippen molar-refractivity contribution in [2.24, 2.45) is 0 Å². The number of hydrogen-bond donors (Lipinski definition) is 1. The van der Waals surface area contributed by atoms with Crippen LogP contribution in [0.3, 0.4) is 0 Å². The van der Waals surface area contributed by atoms with Crippen LogP contribution in [0.5, 0.6) is 0 Å². The average molecular weight is 276 g/mol. The van der Waals surface area contributed by atoms with Crippen molar-refractivity contribution in [1.82, 2.24) is 5.32 Å². The van der Waals surface area contributed by atoms with Gasteiger partial charge >= 0.3 is 0 Å². The zero-order chi connectivity index (χ0) is 10.6. The van der Waals surface area contributed by atoms with E-state index in [1.807, 2.05) is 25.3 Å². The molecule has 0 aliphatic rings. The van der Waals surface area contributed by atoms with Crippen molar-refractivity contribution in [2.45, 2.75) is 31.1 Å². The molecule has 0 aromatic carbocycles. The number of carbonyl (C=O) groups is 1. The molecule has 1 rings (SSSR count). The van der Waals surface area contributed by atoms with Crippen molar-refractivity contribution in [3.8, 4) is 0 Å². The second-order valence-corrected chi connectivity index (χ2v) is 5.05. The van der Waals surface area contributed by atoms with E-state index in [4.69, 9.17) is 0 Å². The van der Waals surface area contributed by atoms with Gasteiger partial charge in [-0.3, -0.25) is 4.79 Å². The van der Waals surface area contributed by atoms with Crippen molar-refractivity contribution in [3.05, 3.63) is 22.4 Å². The molecule has 1 heterocycles. The Morgan fingerprint density at radius 3 is 2.93 bits per heavy atom. The van der Waals surface area contributed by atoms with Gasteiger partial charge < -0.3 is 5.32 Å². The summed E-state index contributed by atoms with van der Waals surface area (Å²) in [7, 11) is 0. The minimum absolute atomic E-state index is 0.0613. The van der Waals surface area contributed by atoms with E-state index in [0.29, 0.717) is 0 Å². The molecule has 2 nitrogen and oxygen atoms in total. The van der Waals surface area contributed by atoms with E-state index in [1.165, 1.54) is 5.56 Å². The normalized spacial score (nSPS) is 14.8. The van der Waals surface area contributed by atoms with Gasteiger partial charge in [-0.05, 0) is 35.7 Å². The third kappa shape index (κ3) is 3.10. The van der Waals surface area contributed by atoms with Gasteiger partial charge in [0, 0.05) is 0 Å². The first kappa shape index (κ1) is 11.7. The highest BCUT2D eigenvalue weighted by Gasteiger charge is 2.15. The van der Waals surface area contributed by atoms with Gasteiger partial charge in [-0.15, -0.1) is 0 Å². The summed E-state index contributed by atoms with van der Waals surface area (Å²) in [5.41, 5.74) is 1.17. The Bertz CT molecular complexity index is 286. The highest BCUT2D eigenvalue weighted by molar-refractivity contribution is 9.10. The lowest BCUT2D eigenvalue weighted by Gasteiger charge is -2.14. The Morgan fingerprint density at radius 2 is 2.43 bits per heavy atom. The molecule has 4 heteroatoms. The zero-order valence-corrected chi connectivity index (χ0v) is 10.7. The second kappa shape index (κ2) is 5.51. The first-order valence-electron chi connectivity index (χ1n) is 4.61. The van der Waals surface area contributed by atoms with Crippen molar-refractivity contribution in [1.29, 1.82) is 0 Å². The third-order valence-electron chi connectivity index (χ3n) is 2.04. The van der Waals surface area contributed by atoms with Crippen LogP contribution in [0.15, 0.2) is 16.8 Å². The maximum Gasteiger partial charge on any atom is 0.234 e. The molecule has 1 amide bonds. The summed E-state index contributed by atoms with van der Waals surface area (Å²) in [5, 5.41) is 7.03. The van der Waals surface area contributed by atoms with Crippen LogP contribution in [-0.2, 0) is 4.79 Å². The lowest BCUT2D eigenvalue weighted by molar-refractivity contribution is -0.121. The Balaban J connectivity index is 2.49. The van der Waals surface area contributed by atoms with Crippen LogP contribution in [0, 0.1) is 0 Å². The molecule has 0 aliphatic heterocycles. The maximum atomic E-state index is 11.5. The van der Waals surface area contributed by atoms with E-state index in [0.717, 1.165) is 6.42 Å². The smallest absolute Gasteiger partial charge is 0.234 e. The van der Waals surface area contributed by atoms with Crippen LogP contribution in [-0.4, -0.2) is 10.7 Å². The summed E-state index contributed by atoms with van der Waals surface area (Å²) in [4.78, 5) is 11.4. The van der Waals surface area contributed by atoms with E-state index in [2.05, 4.69) is 26.6 Å². The molecule has 0 spiro atoms. The minimum atomic E-state index is -0.0800. The first-order valence-corrected chi connectivity index (χ1v) is 6.47. The number of nitrogens with one attached hydrogen (secondary N) is 1. The fourth-order valence-electron chi connectivity index (χ4n) is 1.09. The lowest BCUT2D eigenvalue weighted by atomic mass is 10.2. The minimum Gasteiger partial charge on any atom is -0.349 e. The van der Waals surface area contributed by atoms with Gasteiger partial charge in [0.1, 0.15) is 0 Å². The molecule has 2 atom stereocenters. The predicted molar refractivity (Wildman–Crippen MR) is 63.9 cm³/mol. The molecule has 0 radical (unpaired) electrons. The molecule has 1 aromatic heterocycles. The number of hydrogen-bond acceptors (Lipinski definition) is 2. The summed E-state index contributed by atoms with van der Waals surface area (Å²) in [6.45, 7) is 3.98. The third-order valence-corrected chi connectivity index (χ3v) is 3.81. The van der Waals surface area contributed by atoms with Gasteiger partial charge in [0.05, 0.1) is 10.9 Å². The van der Waals surface area contributed by atoms with Crippen molar-refractivity contribution < 1.29 is 4.79 Å². The van der Waals surface area contributed by atoms with Crippen LogP contribution >= 0.6 is 27.3 Å². The van der Waals surface area contributed by atoms with E-state index in [9.17, 15) is 4.79 Å². The monoisotopic (exact) mass is 275 g/mol. The van der Waals surface area contributed by atoms with Gasteiger partial charge in [-0.2, -0.15) is 11.3 Å². The average Bonchev–Trinajstić information content (AvgIpc) is 2.69. The Labute approximate surface area is 96.8 Å². The summed E-state index contributed by atoms with van der Waals surface area (Å²) in [5.74, 6) is 0.0613. The lowest BCUT2D eigenvalue weighted by Crippen LogP contribution is -2.32. The molecule has 1 aromatic rings. The summed E-state index contributed by atoms with van der Waals surface area (Å²) >= 11 is 4.97. The number of thiophene rings is 1. The van der Waals surface area contributed by atoms with Crippen molar-refractivity contribution in [2.75, 3.05) is 0 Å². The molecule has 1 N–H and O–H groups in total. The molecule has 0 saturated heterocycles. The van der Waals surface area contributed by atoms with Crippen LogP contribution in [0.2, 0.25) is 0 Å². The fourth-order valence-corrected chi connectivity index (χ4v) is 1.98. The molecule has 0 bridgehead atoms. The molecule has 78 valence electrons. The maximum absolute atomic E-state index is 11.5. The van der Waals surface area contributed by atoms with Crippen LogP contribution < -0.4 is 5.32 Å². The number of amides is 1. The van der Waals surface area contributed by atoms with Crippen LogP contribution in [0.4, 0.5) is 0 Å². The van der Waals surface area contributed by atoms with E-state index >= 15 is 0 Å². The predicted octanol–water partition coefficient (Wildman–Crippen LogP) is 3.10. The largest absolute Gasteiger partial charge is 0.349 e. The molecule has 0 aliphatic carbocycles. The Hall–Kier alpha value is -0.350. The first-order chi connectivity index (χ1) is 6.65. The van der Waals surface area contributed by atoms with Gasteiger partial charge in [0.25, 0.3) is 0 Å². The number of carbonyl (C=O) groups excluding carboxylic acids is 1. The summed E-state index contributed by atoms with van der Waals surface area (Å²) in [6.07, 6.45) is 0.808. The van der Waals surface area contributed by atoms with Gasteiger partial charge in [0.15, 0.2) is 0 Å². The van der Waals surface area contributed by atoms with E-state index in [-0.39, 0.29) is 16.8 Å². The zero-order valence-electron chi connectivity index (χ0n) is 8.29. The Morgan fingerprint density at radius 1 is 1.71 bits per heavy atom. The fraction of sp³-hybridized carbons (Fsp3) is 0.500. The quantitative estimate of drug-likeness (QED) is 0.841. The van der Waals surface area contributed by atoms with E-state index in [1.54, 1.807) is 11.3 Å². The molecular formula is C10H14BrNOS. The molecule has 0 saturated carbocycles. The standard InChI is InChI=1S/C10H14BrNOS/c1-3-9(11)10(13)12-7(2)8-4-5-14-6-8/h4-7,9H,3H2,1-2H3,(H,12,13). The summed E-state index contributed by atoms with van der Waals surface area (Å²) < 4.78 is 0. The highest BCUT2D eigenvalue weighted by Crippen LogP contribution is 2.16. The van der Waals surface area contributed by atoms with Crippen LogP contribution in [0.25, 0.3) is 0 Å². The molecule has 2 unspecified atom stereocenters. The van der Waals surface area contributed by atoms with Gasteiger partial charge in [-0.1, -0.05) is 22.9 Å².